The number of amides is 3. The summed E-state index contributed by atoms with van der Waals surface area (Å²) < 4.78 is 0. The molecule has 0 spiro atoms. The molecule has 1 fully saturated rings. The first-order chi connectivity index (χ1) is 20.5. The zero-order valence-corrected chi connectivity index (χ0v) is 26.0. The summed E-state index contributed by atoms with van der Waals surface area (Å²) in [4.78, 5) is 43.8. The standard InChI is InChI=1S/C34H50N4O5/c1-6-14-28(34(43)36-29(32(41)30(39)15-7-2)23-26-18-12-9-13-19-26)35-33(42)27(22-25-16-10-8-11-17-25)24-31(40)38(5)21-20-37(3)4/h1-2,8,10-11,16-17,26-30,32,39,41H,9,12-15,18-24H2,3-5H3,(H,35,42)(H,36,43)/t27-,28+,29+,30+,32-/m1/s1. The van der Waals surface area contributed by atoms with Crippen LogP contribution in [0.4, 0.5) is 0 Å². The van der Waals surface area contributed by atoms with Crippen molar-refractivity contribution in [1.29, 1.82) is 0 Å². The Kier molecular flexibility index (Phi) is 15.8. The molecule has 1 aromatic carbocycles. The Balaban J connectivity index is 2.20. The van der Waals surface area contributed by atoms with Gasteiger partial charge in [0.1, 0.15) is 12.1 Å². The van der Waals surface area contributed by atoms with Gasteiger partial charge >= 0.3 is 0 Å². The lowest BCUT2D eigenvalue weighted by molar-refractivity contribution is -0.136. The highest BCUT2D eigenvalue weighted by Gasteiger charge is 2.33. The molecular weight excluding hydrogens is 544 g/mol. The van der Waals surface area contributed by atoms with Crippen molar-refractivity contribution in [2.24, 2.45) is 11.8 Å². The van der Waals surface area contributed by atoms with Gasteiger partial charge in [-0.1, -0.05) is 62.4 Å². The number of carbonyl (C=O) groups is 3. The molecule has 1 aromatic rings. The Morgan fingerprint density at radius 3 is 2.19 bits per heavy atom. The van der Waals surface area contributed by atoms with Gasteiger partial charge in [0, 0.05) is 39.4 Å². The lowest BCUT2D eigenvalue weighted by Crippen LogP contribution is -2.55. The van der Waals surface area contributed by atoms with Crippen molar-refractivity contribution < 1.29 is 24.6 Å². The van der Waals surface area contributed by atoms with E-state index in [0.29, 0.717) is 25.9 Å². The van der Waals surface area contributed by atoms with Gasteiger partial charge in [-0.05, 0) is 38.4 Å². The average molecular weight is 595 g/mol. The molecule has 3 amide bonds. The van der Waals surface area contributed by atoms with Crippen LogP contribution in [0.2, 0.25) is 0 Å². The molecule has 0 saturated heterocycles. The normalized spacial score (nSPS) is 17.0. The molecule has 9 heteroatoms. The maximum absolute atomic E-state index is 13.6. The van der Waals surface area contributed by atoms with Gasteiger partial charge in [-0.15, -0.1) is 24.7 Å². The number of terminal acetylenes is 2. The summed E-state index contributed by atoms with van der Waals surface area (Å²) in [5.74, 6) is 3.21. The van der Waals surface area contributed by atoms with Crippen LogP contribution in [0.1, 0.15) is 63.4 Å². The zero-order valence-electron chi connectivity index (χ0n) is 26.0. The second kappa shape index (κ2) is 19.0. The maximum atomic E-state index is 13.6. The number of hydrogen-bond acceptors (Lipinski definition) is 6. The molecule has 9 nitrogen and oxygen atoms in total. The summed E-state index contributed by atoms with van der Waals surface area (Å²) in [6.45, 7) is 1.20. The van der Waals surface area contributed by atoms with E-state index in [1.54, 1.807) is 11.9 Å². The second-order valence-electron chi connectivity index (χ2n) is 12.0. The fourth-order valence-corrected chi connectivity index (χ4v) is 5.47. The summed E-state index contributed by atoms with van der Waals surface area (Å²) in [7, 11) is 5.56. The summed E-state index contributed by atoms with van der Waals surface area (Å²) in [6, 6.07) is 7.57. The van der Waals surface area contributed by atoms with E-state index in [4.69, 9.17) is 12.8 Å². The first kappa shape index (κ1) is 35.8. The van der Waals surface area contributed by atoms with Crippen molar-refractivity contribution >= 4 is 17.7 Å². The number of nitrogens with zero attached hydrogens (tertiary/aromatic N) is 2. The monoisotopic (exact) mass is 594 g/mol. The van der Waals surface area contributed by atoms with Crippen LogP contribution in [0.25, 0.3) is 0 Å². The van der Waals surface area contributed by atoms with Gasteiger partial charge in [0.25, 0.3) is 0 Å². The molecule has 0 heterocycles. The predicted octanol–water partition coefficient (Wildman–Crippen LogP) is 1.96. The molecule has 43 heavy (non-hydrogen) atoms. The first-order valence-corrected chi connectivity index (χ1v) is 15.3. The third-order valence-corrected chi connectivity index (χ3v) is 8.15. The number of nitrogens with one attached hydrogen (secondary N) is 2. The van der Waals surface area contributed by atoms with E-state index in [-0.39, 0.29) is 31.1 Å². The summed E-state index contributed by atoms with van der Waals surface area (Å²) in [5, 5.41) is 27.0. The summed E-state index contributed by atoms with van der Waals surface area (Å²) >= 11 is 0. The van der Waals surface area contributed by atoms with Crippen molar-refractivity contribution in [3.05, 3.63) is 35.9 Å². The van der Waals surface area contributed by atoms with Crippen LogP contribution >= 0.6 is 0 Å². The molecular formula is C34H50N4O5. The maximum Gasteiger partial charge on any atom is 0.243 e. The Labute approximate surface area is 257 Å². The number of aliphatic hydroxyl groups excluding tert-OH is 2. The minimum Gasteiger partial charge on any atom is -0.389 e. The Bertz CT molecular complexity index is 1090. The Morgan fingerprint density at radius 1 is 0.930 bits per heavy atom. The van der Waals surface area contributed by atoms with E-state index in [1.165, 1.54) is 0 Å². The van der Waals surface area contributed by atoms with Crippen molar-refractivity contribution in [3.8, 4) is 24.7 Å². The minimum absolute atomic E-state index is 0.0314. The van der Waals surface area contributed by atoms with Crippen LogP contribution in [0.15, 0.2) is 30.3 Å². The highest BCUT2D eigenvalue weighted by molar-refractivity contribution is 5.91. The Hall–Kier alpha value is -3.37. The molecule has 0 bridgehead atoms. The van der Waals surface area contributed by atoms with Crippen LogP contribution < -0.4 is 10.6 Å². The molecule has 0 unspecified atom stereocenters. The van der Waals surface area contributed by atoms with Crippen LogP contribution in [-0.4, -0.2) is 96.3 Å². The van der Waals surface area contributed by atoms with Crippen molar-refractivity contribution in [2.45, 2.75) is 88.5 Å². The second-order valence-corrected chi connectivity index (χ2v) is 12.0. The summed E-state index contributed by atoms with van der Waals surface area (Å²) in [6.07, 6.45) is 14.4. The van der Waals surface area contributed by atoms with Crippen LogP contribution in [-0.2, 0) is 20.8 Å². The third-order valence-electron chi connectivity index (χ3n) is 8.15. The van der Waals surface area contributed by atoms with Gasteiger partial charge in [0.05, 0.1) is 18.1 Å². The van der Waals surface area contributed by atoms with E-state index < -0.39 is 42.0 Å². The third kappa shape index (κ3) is 12.8. The molecule has 0 aromatic heterocycles. The van der Waals surface area contributed by atoms with Crippen LogP contribution in [0.3, 0.4) is 0 Å². The quantitative estimate of drug-likeness (QED) is 0.205. The Morgan fingerprint density at radius 2 is 1.58 bits per heavy atom. The van der Waals surface area contributed by atoms with Gasteiger partial charge in [0.15, 0.2) is 0 Å². The van der Waals surface area contributed by atoms with E-state index in [2.05, 4.69) is 22.5 Å². The van der Waals surface area contributed by atoms with Crippen molar-refractivity contribution in [3.63, 3.8) is 0 Å². The van der Waals surface area contributed by atoms with E-state index in [9.17, 15) is 24.6 Å². The molecule has 1 saturated carbocycles. The number of likely N-dealkylation sites (N-methyl/N-ethyl adjacent to an activating group) is 2. The lowest BCUT2D eigenvalue weighted by atomic mass is 9.82. The zero-order chi connectivity index (χ0) is 31.8. The first-order valence-electron chi connectivity index (χ1n) is 15.3. The van der Waals surface area contributed by atoms with Gasteiger partial charge in [-0.25, -0.2) is 0 Å². The van der Waals surface area contributed by atoms with Gasteiger partial charge in [-0.3, -0.25) is 14.4 Å². The largest absolute Gasteiger partial charge is 0.389 e. The highest BCUT2D eigenvalue weighted by atomic mass is 16.3. The molecule has 5 atom stereocenters. The number of aliphatic hydroxyl groups is 2. The minimum atomic E-state index is -1.27. The van der Waals surface area contributed by atoms with Crippen LogP contribution in [0, 0.1) is 36.5 Å². The fourth-order valence-electron chi connectivity index (χ4n) is 5.47. The van der Waals surface area contributed by atoms with Crippen molar-refractivity contribution in [1.82, 2.24) is 20.4 Å². The lowest BCUT2D eigenvalue weighted by Gasteiger charge is -2.33. The van der Waals surface area contributed by atoms with E-state index in [1.807, 2.05) is 49.3 Å². The van der Waals surface area contributed by atoms with E-state index >= 15 is 0 Å². The molecule has 236 valence electrons. The number of rotatable bonds is 17. The van der Waals surface area contributed by atoms with E-state index in [0.717, 1.165) is 37.7 Å². The molecule has 4 N–H and O–H groups in total. The molecule has 0 radical (unpaired) electrons. The predicted molar refractivity (Wildman–Crippen MR) is 168 cm³/mol. The smallest absolute Gasteiger partial charge is 0.243 e. The molecule has 0 aliphatic heterocycles. The molecule has 1 aliphatic carbocycles. The molecule has 2 rings (SSSR count). The number of hydrogen-bond donors (Lipinski definition) is 4. The van der Waals surface area contributed by atoms with Gasteiger partial charge in [-0.2, -0.15) is 0 Å². The van der Waals surface area contributed by atoms with Gasteiger partial charge in [0.2, 0.25) is 17.7 Å². The SMILES string of the molecule is C#CC[C@H](NC(=O)[C@@H](CC(=O)N(C)CCN(C)C)Cc1ccccc1)C(=O)N[C@@H](CC1CCCCC1)[C@@H](O)[C@@H](O)CC#C. The van der Waals surface area contributed by atoms with Gasteiger partial charge < -0.3 is 30.6 Å². The van der Waals surface area contributed by atoms with Crippen LogP contribution in [0.5, 0.6) is 0 Å². The topological polar surface area (TPSA) is 122 Å². The fraction of sp³-hybridized carbons (Fsp3) is 0.618. The molecule has 1 aliphatic rings. The highest BCUT2D eigenvalue weighted by Crippen LogP contribution is 2.28. The number of benzene rings is 1. The number of carbonyl (C=O) groups excluding carboxylic acids is 3. The van der Waals surface area contributed by atoms with Crippen molar-refractivity contribution in [2.75, 3.05) is 34.2 Å². The average Bonchev–Trinajstić information content (AvgIpc) is 2.99. The summed E-state index contributed by atoms with van der Waals surface area (Å²) in [5.41, 5.74) is 0.891.